The Kier molecular flexibility index (Phi) is 7.06. The molecule has 0 bridgehead atoms. The van der Waals surface area contributed by atoms with E-state index in [2.05, 4.69) is 10.5 Å². The van der Waals surface area contributed by atoms with Gasteiger partial charge in [0.1, 0.15) is 5.75 Å². The molecule has 2 aromatic carbocycles. The molecule has 0 unspecified atom stereocenters. The first kappa shape index (κ1) is 21.4. The van der Waals surface area contributed by atoms with Crippen molar-refractivity contribution in [2.45, 2.75) is 12.8 Å². The van der Waals surface area contributed by atoms with Crippen LogP contribution in [0.5, 0.6) is 5.75 Å². The van der Waals surface area contributed by atoms with E-state index in [1.807, 2.05) is 49.3 Å². The third-order valence-corrected chi connectivity index (χ3v) is 5.27. The van der Waals surface area contributed by atoms with E-state index in [-0.39, 0.29) is 17.7 Å². The van der Waals surface area contributed by atoms with Crippen molar-refractivity contribution in [2.24, 2.45) is 11.0 Å². The Labute approximate surface area is 177 Å². The molecule has 1 aliphatic heterocycles. The number of hydrogen-bond donors (Lipinski definition) is 1. The summed E-state index contributed by atoms with van der Waals surface area (Å²) >= 11 is 0. The number of hydrogen-bond acceptors (Lipinski definition) is 5. The lowest BCUT2D eigenvalue weighted by Gasteiger charge is -2.31. The van der Waals surface area contributed by atoms with Gasteiger partial charge in [0.2, 0.25) is 5.91 Å². The number of piperidine rings is 1. The number of likely N-dealkylation sites (tertiary alicyclic amines) is 1. The predicted octanol–water partition coefficient (Wildman–Crippen LogP) is 2.76. The van der Waals surface area contributed by atoms with Crippen molar-refractivity contribution in [2.75, 3.05) is 39.2 Å². The molecule has 1 heterocycles. The second-order valence-corrected chi connectivity index (χ2v) is 7.52. The molecular weight excluding hydrogens is 380 g/mol. The normalized spacial score (nSPS) is 14.6. The van der Waals surface area contributed by atoms with Crippen molar-refractivity contribution in [1.29, 1.82) is 0 Å². The van der Waals surface area contributed by atoms with Gasteiger partial charge < -0.3 is 14.5 Å². The molecule has 158 valence electrons. The molecule has 0 aliphatic carbocycles. The lowest BCUT2D eigenvalue weighted by atomic mass is 9.95. The zero-order valence-electron chi connectivity index (χ0n) is 17.7. The standard InChI is InChI=1S/C23H28N4O3/c1-26(2)20-9-7-17(8-10-20)16-24-25-22(28)18-11-13-27(14-12-18)23(29)19-5-4-6-21(15-19)30-3/h4-10,15-16,18H,11-14H2,1-3H3,(H,25,28)/b24-16+. The Bertz CT molecular complexity index is 901. The molecule has 0 atom stereocenters. The minimum atomic E-state index is -0.146. The Morgan fingerprint density at radius 2 is 1.83 bits per heavy atom. The van der Waals surface area contributed by atoms with Gasteiger partial charge in [-0.05, 0) is 48.7 Å². The van der Waals surface area contributed by atoms with Gasteiger partial charge in [0.25, 0.3) is 5.91 Å². The predicted molar refractivity (Wildman–Crippen MR) is 118 cm³/mol. The Balaban J connectivity index is 1.48. The maximum atomic E-state index is 12.7. The number of anilines is 1. The van der Waals surface area contributed by atoms with Gasteiger partial charge in [-0.25, -0.2) is 5.43 Å². The van der Waals surface area contributed by atoms with E-state index >= 15 is 0 Å². The highest BCUT2D eigenvalue weighted by Crippen LogP contribution is 2.21. The molecule has 1 fully saturated rings. The number of amides is 2. The van der Waals surface area contributed by atoms with Crippen LogP contribution in [0.15, 0.2) is 53.6 Å². The highest BCUT2D eigenvalue weighted by Gasteiger charge is 2.27. The van der Waals surface area contributed by atoms with Crippen molar-refractivity contribution in [1.82, 2.24) is 10.3 Å². The van der Waals surface area contributed by atoms with Crippen molar-refractivity contribution < 1.29 is 14.3 Å². The van der Waals surface area contributed by atoms with Crippen LogP contribution in [0.2, 0.25) is 0 Å². The second-order valence-electron chi connectivity index (χ2n) is 7.52. The lowest BCUT2D eigenvalue weighted by molar-refractivity contribution is -0.126. The quantitative estimate of drug-likeness (QED) is 0.589. The van der Waals surface area contributed by atoms with Crippen LogP contribution in [0, 0.1) is 5.92 Å². The molecule has 1 N–H and O–H groups in total. The van der Waals surface area contributed by atoms with Crippen molar-refractivity contribution in [3.63, 3.8) is 0 Å². The topological polar surface area (TPSA) is 74.2 Å². The lowest BCUT2D eigenvalue weighted by Crippen LogP contribution is -2.42. The van der Waals surface area contributed by atoms with Crippen molar-refractivity contribution in [3.8, 4) is 5.75 Å². The maximum Gasteiger partial charge on any atom is 0.253 e. The van der Waals surface area contributed by atoms with Gasteiger partial charge in [-0.3, -0.25) is 9.59 Å². The zero-order chi connectivity index (χ0) is 21.5. The summed E-state index contributed by atoms with van der Waals surface area (Å²) in [6.07, 6.45) is 2.88. The molecule has 0 aromatic heterocycles. The Hall–Kier alpha value is -3.35. The number of nitrogens with zero attached hydrogens (tertiary/aromatic N) is 3. The van der Waals surface area contributed by atoms with Crippen LogP contribution in [0.25, 0.3) is 0 Å². The summed E-state index contributed by atoms with van der Waals surface area (Å²) in [5.74, 6) is 0.369. The van der Waals surface area contributed by atoms with Gasteiger partial charge in [-0.2, -0.15) is 5.10 Å². The van der Waals surface area contributed by atoms with Crippen molar-refractivity contribution in [3.05, 3.63) is 59.7 Å². The summed E-state index contributed by atoms with van der Waals surface area (Å²) in [6, 6.07) is 15.0. The molecule has 7 heteroatoms. The number of nitrogens with one attached hydrogen (secondary N) is 1. The number of carbonyl (C=O) groups excluding carboxylic acids is 2. The fourth-order valence-electron chi connectivity index (χ4n) is 3.40. The zero-order valence-corrected chi connectivity index (χ0v) is 17.7. The van der Waals surface area contributed by atoms with Gasteiger partial charge in [-0.15, -0.1) is 0 Å². The van der Waals surface area contributed by atoms with Crippen LogP contribution >= 0.6 is 0 Å². The first-order valence-corrected chi connectivity index (χ1v) is 10.0. The number of ether oxygens (including phenoxy) is 1. The van der Waals surface area contributed by atoms with E-state index in [0.717, 1.165) is 11.3 Å². The molecule has 2 aromatic rings. The van der Waals surface area contributed by atoms with Crippen LogP contribution in [0.4, 0.5) is 5.69 Å². The van der Waals surface area contributed by atoms with Gasteiger partial charge >= 0.3 is 0 Å². The van der Waals surface area contributed by atoms with Crippen LogP contribution in [-0.4, -0.2) is 57.2 Å². The first-order chi connectivity index (χ1) is 14.5. The number of rotatable bonds is 6. The van der Waals surface area contributed by atoms with E-state index in [9.17, 15) is 9.59 Å². The number of carbonyl (C=O) groups is 2. The monoisotopic (exact) mass is 408 g/mol. The van der Waals surface area contributed by atoms with E-state index in [4.69, 9.17) is 4.74 Å². The molecule has 3 rings (SSSR count). The largest absolute Gasteiger partial charge is 0.497 e. The van der Waals surface area contributed by atoms with Crippen LogP contribution in [0.1, 0.15) is 28.8 Å². The van der Waals surface area contributed by atoms with E-state index in [0.29, 0.717) is 37.2 Å². The molecule has 2 amide bonds. The minimum absolute atomic E-state index is 0.0352. The summed E-state index contributed by atoms with van der Waals surface area (Å²) < 4.78 is 5.19. The molecule has 1 aliphatic rings. The number of benzene rings is 2. The molecular formula is C23H28N4O3. The summed E-state index contributed by atoms with van der Waals surface area (Å²) in [6.45, 7) is 1.09. The van der Waals surface area contributed by atoms with Gasteiger partial charge in [0.15, 0.2) is 0 Å². The molecule has 0 spiro atoms. The maximum absolute atomic E-state index is 12.7. The van der Waals surface area contributed by atoms with Gasteiger partial charge in [-0.1, -0.05) is 18.2 Å². The highest BCUT2D eigenvalue weighted by atomic mass is 16.5. The molecule has 7 nitrogen and oxygen atoms in total. The smallest absolute Gasteiger partial charge is 0.253 e. The van der Waals surface area contributed by atoms with E-state index < -0.39 is 0 Å². The Morgan fingerprint density at radius 1 is 1.13 bits per heavy atom. The van der Waals surface area contributed by atoms with E-state index in [1.54, 1.807) is 36.4 Å². The van der Waals surface area contributed by atoms with Gasteiger partial charge in [0.05, 0.1) is 13.3 Å². The van der Waals surface area contributed by atoms with Crippen LogP contribution in [0.3, 0.4) is 0 Å². The van der Waals surface area contributed by atoms with Crippen molar-refractivity contribution >= 4 is 23.7 Å². The first-order valence-electron chi connectivity index (χ1n) is 10.0. The van der Waals surface area contributed by atoms with Crippen LogP contribution < -0.4 is 15.1 Å². The summed E-state index contributed by atoms with van der Waals surface area (Å²) in [4.78, 5) is 28.9. The summed E-state index contributed by atoms with van der Waals surface area (Å²) in [5, 5.41) is 4.08. The third-order valence-electron chi connectivity index (χ3n) is 5.27. The minimum Gasteiger partial charge on any atom is -0.497 e. The highest BCUT2D eigenvalue weighted by molar-refractivity contribution is 5.94. The van der Waals surface area contributed by atoms with Gasteiger partial charge in [0, 0.05) is 44.4 Å². The molecule has 0 radical (unpaired) electrons. The van der Waals surface area contributed by atoms with Crippen LogP contribution in [-0.2, 0) is 4.79 Å². The fraction of sp³-hybridized carbons (Fsp3) is 0.348. The third kappa shape index (κ3) is 5.37. The SMILES string of the molecule is COc1cccc(C(=O)N2CCC(C(=O)N/N=C/c3ccc(N(C)C)cc3)CC2)c1. The average Bonchev–Trinajstić information content (AvgIpc) is 2.79. The number of methoxy groups -OCH3 is 1. The fourth-order valence-corrected chi connectivity index (χ4v) is 3.40. The Morgan fingerprint density at radius 3 is 2.47 bits per heavy atom. The second kappa shape index (κ2) is 9.91. The van der Waals surface area contributed by atoms with E-state index in [1.165, 1.54) is 0 Å². The summed E-state index contributed by atoms with van der Waals surface area (Å²) in [7, 11) is 5.55. The summed E-state index contributed by atoms with van der Waals surface area (Å²) in [5.41, 5.74) is 5.25. The average molecular weight is 409 g/mol. The molecule has 30 heavy (non-hydrogen) atoms. The number of hydrazone groups is 1. The molecule has 1 saturated heterocycles. The molecule has 0 saturated carbocycles.